The molecular formula is C18H20N2O3. The molecule has 1 aromatic carbocycles. The van der Waals surface area contributed by atoms with Crippen LogP contribution in [0.2, 0.25) is 0 Å². The van der Waals surface area contributed by atoms with Gasteiger partial charge in [0, 0.05) is 29.2 Å². The summed E-state index contributed by atoms with van der Waals surface area (Å²) in [6.45, 7) is 6.41. The number of aromatic amines is 1. The van der Waals surface area contributed by atoms with Crippen LogP contribution in [0.15, 0.2) is 34.9 Å². The molecule has 3 rings (SSSR count). The van der Waals surface area contributed by atoms with Gasteiger partial charge in [-0.05, 0) is 38.3 Å². The van der Waals surface area contributed by atoms with Crippen LogP contribution in [0.3, 0.4) is 0 Å². The van der Waals surface area contributed by atoms with Crippen molar-refractivity contribution in [2.45, 2.75) is 27.2 Å². The summed E-state index contributed by atoms with van der Waals surface area (Å²) in [7, 11) is 0. The van der Waals surface area contributed by atoms with Gasteiger partial charge in [-0.2, -0.15) is 0 Å². The predicted molar refractivity (Wildman–Crippen MR) is 88.9 cm³/mol. The molecule has 0 fully saturated rings. The maximum absolute atomic E-state index is 11.8. The van der Waals surface area contributed by atoms with E-state index in [2.05, 4.69) is 42.3 Å². The van der Waals surface area contributed by atoms with Gasteiger partial charge < -0.3 is 19.5 Å². The molecular weight excluding hydrogens is 292 g/mol. The maximum atomic E-state index is 11.8. The van der Waals surface area contributed by atoms with E-state index in [1.807, 2.05) is 0 Å². The van der Waals surface area contributed by atoms with Gasteiger partial charge in [0.1, 0.15) is 5.76 Å². The Balaban J connectivity index is 1.63. The van der Waals surface area contributed by atoms with Crippen molar-refractivity contribution in [2.24, 2.45) is 0 Å². The predicted octanol–water partition coefficient (Wildman–Crippen LogP) is 4.02. The number of hydrogen-bond acceptors (Lipinski definition) is 3. The van der Waals surface area contributed by atoms with Crippen LogP contribution in [0.5, 0.6) is 5.75 Å². The molecule has 0 aliphatic heterocycles. The summed E-state index contributed by atoms with van der Waals surface area (Å²) in [5.41, 5.74) is 4.75. The highest BCUT2D eigenvalue weighted by Gasteiger charge is 2.11. The molecule has 0 radical (unpaired) electrons. The number of hydrogen-bond donors (Lipinski definition) is 2. The van der Waals surface area contributed by atoms with Crippen molar-refractivity contribution >= 4 is 17.0 Å². The Morgan fingerprint density at radius 1 is 1.26 bits per heavy atom. The van der Waals surface area contributed by atoms with Crippen LogP contribution in [0, 0.1) is 20.8 Å². The van der Waals surface area contributed by atoms with Crippen LogP contribution >= 0.6 is 0 Å². The molecule has 3 aromatic rings. The highest BCUT2D eigenvalue weighted by Crippen LogP contribution is 2.24. The monoisotopic (exact) mass is 312 g/mol. The summed E-state index contributed by atoms with van der Waals surface area (Å²) in [6, 6.07) is 7.87. The lowest BCUT2D eigenvalue weighted by Crippen LogP contribution is -2.28. The minimum atomic E-state index is -0.469. The van der Waals surface area contributed by atoms with Crippen LogP contribution in [-0.4, -0.2) is 17.6 Å². The van der Waals surface area contributed by atoms with Gasteiger partial charge in [-0.15, -0.1) is 0 Å². The van der Waals surface area contributed by atoms with Gasteiger partial charge in [-0.3, -0.25) is 0 Å². The van der Waals surface area contributed by atoms with Crippen molar-refractivity contribution in [1.29, 1.82) is 0 Å². The maximum Gasteiger partial charge on any atom is 0.412 e. The Kier molecular flexibility index (Phi) is 4.10. The van der Waals surface area contributed by atoms with E-state index < -0.39 is 6.09 Å². The van der Waals surface area contributed by atoms with Gasteiger partial charge in [0.2, 0.25) is 0 Å². The van der Waals surface area contributed by atoms with Gasteiger partial charge in [0.25, 0.3) is 0 Å². The number of rotatable bonds is 4. The lowest BCUT2D eigenvalue weighted by atomic mass is 10.1. The Labute approximate surface area is 134 Å². The molecule has 120 valence electrons. The molecule has 2 heterocycles. The zero-order chi connectivity index (χ0) is 16.4. The second kappa shape index (κ2) is 6.20. The first-order valence-electron chi connectivity index (χ1n) is 7.63. The first-order valence-corrected chi connectivity index (χ1v) is 7.63. The largest absolute Gasteiger partial charge is 0.466 e. The van der Waals surface area contributed by atoms with Crippen LogP contribution in [0.4, 0.5) is 4.79 Å². The minimum Gasteiger partial charge on any atom is -0.466 e. The van der Waals surface area contributed by atoms with Crippen molar-refractivity contribution < 1.29 is 13.9 Å². The molecule has 5 nitrogen and oxygen atoms in total. The van der Waals surface area contributed by atoms with E-state index in [1.165, 1.54) is 22.8 Å². The fourth-order valence-corrected chi connectivity index (χ4v) is 2.78. The van der Waals surface area contributed by atoms with E-state index in [4.69, 9.17) is 9.15 Å². The first kappa shape index (κ1) is 15.2. The van der Waals surface area contributed by atoms with Gasteiger partial charge in [-0.1, -0.05) is 18.2 Å². The number of benzene rings is 1. The quantitative estimate of drug-likeness (QED) is 0.764. The summed E-state index contributed by atoms with van der Waals surface area (Å²) in [4.78, 5) is 15.2. The Bertz CT molecular complexity index is 845. The number of carbonyl (C=O) groups excluding carboxylic acids is 1. The number of nitrogens with one attached hydrogen (secondary N) is 2. The highest BCUT2D eigenvalue weighted by atomic mass is 16.6. The van der Waals surface area contributed by atoms with E-state index in [-0.39, 0.29) is 0 Å². The summed E-state index contributed by atoms with van der Waals surface area (Å²) < 4.78 is 10.3. The van der Waals surface area contributed by atoms with Crippen LogP contribution in [0.25, 0.3) is 10.9 Å². The van der Waals surface area contributed by atoms with Gasteiger partial charge in [0.15, 0.2) is 5.75 Å². The molecule has 0 spiro atoms. The number of furan rings is 1. The molecule has 5 heteroatoms. The average molecular weight is 312 g/mol. The Hall–Kier alpha value is -2.69. The number of aryl methyl sites for hydroxylation is 3. The molecule has 2 N–H and O–H groups in total. The van der Waals surface area contributed by atoms with Crippen molar-refractivity contribution in [3.8, 4) is 5.75 Å². The number of amides is 1. The van der Waals surface area contributed by atoms with E-state index in [0.717, 1.165) is 17.6 Å². The molecule has 23 heavy (non-hydrogen) atoms. The van der Waals surface area contributed by atoms with Crippen molar-refractivity contribution in [3.05, 3.63) is 53.1 Å². The van der Waals surface area contributed by atoms with E-state index >= 15 is 0 Å². The smallest absolute Gasteiger partial charge is 0.412 e. The third-order valence-electron chi connectivity index (χ3n) is 4.02. The zero-order valence-electron chi connectivity index (χ0n) is 13.5. The third-order valence-corrected chi connectivity index (χ3v) is 4.02. The lowest BCUT2D eigenvalue weighted by Gasteiger charge is -2.06. The van der Waals surface area contributed by atoms with Crippen LogP contribution in [-0.2, 0) is 6.42 Å². The summed E-state index contributed by atoms with van der Waals surface area (Å²) >= 11 is 0. The van der Waals surface area contributed by atoms with Crippen LogP contribution in [0.1, 0.15) is 22.6 Å². The first-order chi connectivity index (χ1) is 11.1. The van der Waals surface area contributed by atoms with E-state index in [0.29, 0.717) is 18.1 Å². The van der Waals surface area contributed by atoms with Crippen molar-refractivity contribution in [1.82, 2.24) is 10.3 Å². The zero-order valence-corrected chi connectivity index (χ0v) is 13.5. The lowest BCUT2D eigenvalue weighted by molar-refractivity contribution is 0.199. The number of para-hydroxylation sites is 1. The van der Waals surface area contributed by atoms with Gasteiger partial charge in [-0.25, -0.2) is 4.79 Å². The number of aromatic nitrogens is 1. The number of carbonyl (C=O) groups is 1. The molecule has 1 amide bonds. The second-order valence-corrected chi connectivity index (χ2v) is 5.63. The standard InChI is InChI=1S/C18H20N2O3/c1-11-5-4-6-15-14(12(2)20-17(11)15)7-9-19-18(21)23-16-8-10-22-13(16)3/h4-6,8,10,20H,7,9H2,1-3H3,(H,19,21). The summed E-state index contributed by atoms with van der Waals surface area (Å²) in [6.07, 6.45) is 1.77. The number of fused-ring (bicyclic) bond motifs is 1. The second-order valence-electron chi connectivity index (χ2n) is 5.63. The topological polar surface area (TPSA) is 67.3 Å². The van der Waals surface area contributed by atoms with E-state index in [9.17, 15) is 4.79 Å². The van der Waals surface area contributed by atoms with Crippen LogP contribution < -0.4 is 10.1 Å². The molecule has 0 aliphatic rings. The highest BCUT2D eigenvalue weighted by molar-refractivity contribution is 5.87. The third kappa shape index (κ3) is 3.08. The summed E-state index contributed by atoms with van der Waals surface area (Å²) in [5, 5.41) is 3.99. The molecule has 0 aliphatic carbocycles. The fourth-order valence-electron chi connectivity index (χ4n) is 2.78. The molecule has 0 unspecified atom stereocenters. The van der Waals surface area contributed by atoms with Crippen molar-refractivity contribution in [2.75, 3.05) is 6.54 Å². The van der Waals surface area contributed by atoms with Crippen molar-refractivity contribution in [3.63, 3.8) is 0 Å². The molecule has 0 saturated carbocycles. The molecule has 0 bridgehead atoms. The number of H-pyrrole nitrogens is 1. The SMILES string of the molecule is Cc1[nH]c2c(C)cccc2c1CCNC(=O)Oc1ccoc1C. The minimum absolute atomic E-state index is 0.446. The fraction of sp³-hybridized carbons (Fsp3) is 0.278. The Morgan fingerprint density at radius 3 is 2.83 bits per heavy atom. The summed E-state index contributed by atoms with van der Waals surface area (Å²) in [5.74, 6) is 1.03. The molecule has 0 saturated heterocycles. The normalized spacial score (nSPS) is 10.9. The Morgan fingerprint density at radius 2 is 2.09 bits per heavy atom. The average Bonchev–Trinajstić information content (AvgIpc) is 3.05. The molecule has 2 aromatic heterocycles. The molecule has 0 atom stereocenters. The van der Waals surface area contributed by atoms with Gasteiger partial charge >= 0.3 is 6.09 Å². The van der Waals surface area contributed by atoms with E-state index in [1.54, 1.807) is 13.0 Å². The number of ether oxygens (including phenoxy) is 1. The van der Waals surface area contributed by atoms with Gasteiger partial charge in [0.05, 0.1) is 6.26 Å².